The van der Waals surface area contributed by atoms with Gasteiger partial charge in [0.25, 0.3) is 0 Å². The van der Waals surface area contributed by atoms with E-state index in [2.05, 4.69) is 211 Å². The van der Waals surface area contributed by atoms with E-state index in [0.29, 0.717) is 26.9 Å². The number of nitrogens with one attached hydrogen (secondary N) is 2. The number of aromatic nitrogens is 4. The summed E-state index contributed by atoms with van der Waals surface area (Å²) in [6.45, 7) is 20.5. The number of benzene rings is 4. The van der Waals surface area contributed by atoms with Gasteiger partial charge in [0.15, 0.2) is 26.9 Å². The fourth-order valence-corrected chi connectivity index (χ4v) is 11.1. The van der Waals surface area contributed by atoms with E-state index in [0.717, 1.165) is 140 Å². The lowest BCUT2D eigenvalue weighted by Crippen LogP contribution is -2.27. The van der Waals surface area contributed by atoms with Crippen molar-refractivity contribution in [3.63, 3.8) is 0 Å². The first kappa shape index (κ1) is 46.8. The van der Waals surface area contributed by atoms with Gasteiger partial charge in [0.05, 0.1) is 22.8 Å². The summed E-state index contributed by atoms with van der Waals surface area (Å²) in [6, 6.07) is 46.0. The van der Waals surface area contributed by atoms with Crippen LogP contribution in [0.2, 0.25) is 50.6 Å². The zero-order valence-corrected chi connectivity index (χ0v) is 41.7. The zero-order chi connectivity index (χ0) is 47.3. The van der Waals surface area contributed by atoms with Crippen LogP contribution in [0.1, 0.15) is 78.2 Å². The first-order valence-corrected chi connectivity index (χ1v) is 25.9. The van der Waals surface area contributed by atoms with E-state index >= 15 is 0 Å². The lowest BCUT2D eigenvalue weighted by atomic mass is 9.41. The molecule has 9 rings (SSSR count). The molecule has 68 heavy (non-hydrogen) atoms. The molecule has 0 amide bonds. The Morgan fingerprint density at radius 2 is 0.471 bits per heavy atom. The second-order valence-electron chi connectivity index (χ2n) is 19.0. The topological polar surface area (TPSA) is 57.4 Å². The van der Waals surface area contributed by atoms with Crippen molar-refractivity contribution in [2.45, 2.75) is 106 Å². The zero-order valence-electron chi connectivity index (χ0n) is 41.7. The van der Waals surface area contributed by atoms with Crippen molar-refractivity contribution < 1.29 is 0 Å². The molecule has 338 valence electrons. The van der Waals surface area contributed by atoms with Gasteiger partial charge >= 0.3 is 0 Å². The Hall–Kier alpha value is -6.26. The summed E-state index contributed by atoms with van der Waals surface area (Å²) in [5.74, 6) is 0. The van der Waals surface area contributed by atoms with E-state index in [4.69, 9.17) is 9.97 Å². The first-order valence-electron chi connectivity index (χ1n) is 25.9. The van der Waals surface area contributed by atoms with Crippen LogP contribution in [-0.4, -0.2) is 46.8 Å². The van der Waals surface area contributed by atoms with Gasteiger partial charge in [-0.15, -0.1) is 0 Å². The molecule has 0 fully saturated rings. The number of hydrogen-bond acceptors (Lipinski definition) is 2. The van der Waals surface area contributed by atoms with Crippen LogP contribution in [0.4, 0.5) is 0 Å². The Bertz CT molecular complexity index is 2680. The van der Waals surface area contributed by atoms with E-state index in [1.54, 1.807) is 0 Å². The van der Waals surface area contributed by atoms with Crippen LogP contribution in [0.15, 0.2) is 121 Å². The number of aromatic amines is 2. The molecule has 2 aliphatic rings. The molecule has 0 saturated carbocycles. The van der Waals surface area contributed by atoms with Gasteiger partial charge in [0.1, 0.15) is 0 Å². The van der Waals surface area contributed by atoms with E-state index in [1.807, 2.05) is 0 Å². The summed E-state index contributed by atoms with van der Waals surface area (Å²) in [5.41, 5.74) is 22.2. The quantitative estimate of drug-likeness (QED) is 0.0950. The molecule has 0 unspecified atom stereocenters. The predicted octanol–water partition coefficient (Wildman–Crippen LogP) is 14.3. The summed E-state index contributed by atoms with van der Waals surface area (Å²) < 4.78 is 0. The predicted molar refractivity (Wildman–Crippen MR) is 306 cm³/mol. The molecular formula is C60H66B4N4. The minimum absolute atomic E-state index is 0.535. The SMILES string of the molecule is CCB(CC)c1ccc(-c2c3nc(c(-c4ccc(B(CC)CC)cc4)c4ccc([nH]4)c(-c4ccc(B(CC)CC)cc4)c4nc(c(-c5ccc(B(CC)CC)cc5)c5ccc2[nH]5)C=C4)C=C3)cc1. The van der Waals surface area contributed by atoms with Crippen LogP contribution < -0.4 is 21.9 Å². The molecule has 4 aromatic carbocycles. The van der Waals surface area contributed by atoms with Crippen LogP contribution in [0.5, 0.6) is 0 Å². The maximum atomic E-state index is 5.61. The summed E-state index contributed by atoms with van der Waals surface area (Å²) in [7, 11) is 0. The summed E-state index contributed by atoms with van der Waals surface area (Å²) in [4.78, 5) is 19.2. The number of hydrogen-bond donors (Lipinski definition) is 2. The van der Waals surface area contributed by atoms with Gasteiger partial charge < -0.3 is 9.97 Å². The highest BCUT2D eigenvalue weighted by Gasteiger charge is 2.22. The second-order valence-corrected chi connectivity index (χ2v) is 19.0. The third kappa shape index (κ3) is 9.19. The average Bonchev–Trinajstić information content (AvgIpc) is 4.24. The highest BCUT2D eigenvalue weighted by Crippen LogP contribution is 2.38. The molecule has 2 N–H and O–H groups in total. The van der Waals surface area contributed by atoms with Gasteiger partial charge in [-0.25, -0.2) is 9.97 Å². The molecular weight excluding hydrogens is 820 g/mol. The lowest BCUT2D eigenvalue weighted by Gasteiger charge is -2.12. The monoisotopic (exact) mass is 887 g/mol. The van der Waals surface area contributed by atoms with E-state index in [-0.39, 0.29) is 0 Å². The van der Waals surface area contributed by atoms with Crippen molar-refractivity contribution in [3.8, 4) is 44.5 Å². The highest BCUT2D eigenvalue weighted by atomic mass is 14.8. The van der Waals surface area contributed by atoms with Crippen LogP contribution in [0, 0.1) is 0 Å². The minimum Gasteiger partial charge on any atom is -0.354 e. The van der Waals surface area contributed by atoms with Crippen molar-refractivity contribution in [3.05, 3.63) is 144 Å². The van der Waals surface area contributed by atoms with Crippen molar-refractivity contribution >= 4 is 95.1 Å². The minimum atomic E-state index is 0.535. The lowest BCUT2D eigenvalue weighted by molar-refractivity contribution is 1.31. The van der Waals surface area contributed by atoms with Gasteiger partial charge in [0.2, 0.25) is 0 Å². The highest BCUT2D eigenvalue weighted by molar-refractivity contribution is 6.74. The molecule has 8 heteroatoms. The van der Waals surface area contributed by atoms with Crippen LogP contribution in [-0.2, 0) is 0 Å². The van der Waals surface area contributed by atoms with Crippen molar-refractivity contribution in [1.82, 2.24) is 19.9 Å². The molecule has 2 aliphatic heterocycles. The number of nitrogens with zero attached hydrogens (tertiary/aromatic N) is 2. The third-order valence-corrected chi connectivity index (χ3v) is 15.4. The maximum absolute atomic E-state index is 5.61. The van der Waals surface area contributed by atoms with Crippen LogP contribution in [0.3, 0.4) is 0 Å². The van der Waals surface area contributed by atoms with Crippen molar-refractivity contribution in [1.29, 1.82) is 0 Å². The summed E-state index contributed by atoms with van der Waals surface area (Å²) >= 11 is 0. The Balaban J connectivity index is 1.38. The molecule has 0 radical (unpaired) electrons. The fraction of sp³-hybridized carbons (Fsp3) is 0.267. The van der Waals surface area contributed by atoms with Crippen molar-refractivity contribution in [2.24, 2.45) is 0 Å². The molecule has 0 saturated heterocycles. The third-order valence-electron chi connectivity index (χ3n) is 15.4. The molecule has 0 spiro atoms. The molecule has 7 aromatic rings. The Morgan fingerprint density at radius 3 is 0.647 bits per heavy atom. The van der Waals surface area contributed by atoms with Gasteiger partial charge in [-0.3, -0.25) is 0 Å². The summed E-state index contributed by atoms with van der Waals surface area (Å²) in [5, 5.41) is 0. The van der Waals surface area contributed by atoms with Crippen LogP contribution >= 0.6 is 0 Å². The number of fused-ring (bicyclic) bond motifs is 8. The maximum Gasteiger partial charge on any atom is 0.175 e. The summed E-state index contributed by atoms with van der Waals surface area (Å²) in [6.07, 6.45) is 17.8. The number of H-pyrrole nitrogens is 2. The standard InChI is InChI=1S/C60H66B4N4/c1-9-61(10-2)45-25-17-41(18-26-45)57-49-33-35-51(65-49)58(42-19-27-46(28-20-42)62(11-3)12-4)53-37-39-55(67-53)60(44-23-31-48(32-24-44)64(15-7)16-8)56-40-38-54(68-56)59(52-36-34-50(57)66-52)43-21-29-47(30-22-43)63(13-5)14-6/h17-40,65,68H,9-16H2,1-8H3. The van der Waals surface area contributed by atoms with Gasteiger partial charge in [0, 0.05) is 44.3 Å². The first-order chi connectivity index (χ1) is 33.3. The fourth-order valence-electron chi connectivity index (χ4n) is 11.1. The Morgan fingerprint density at radius 1 is 0.279 bits per heavy atom. The van der Waals surface area contributed by atoms with Crippen LogP contribution in [0.25, 0.3) is 90.9 Å². The Labute approximate surface area is 407 Å². The molecule has 0 atom stereocenters. The van der Waals surface area contributed by atoms with E-state index < -0.39 is 0 Å². The number of rotatable bonds is 16. The smallest absolute Gasteiger partial charge is 0.175 e. The molecule has 3 aromatic heterocycles. The Kier molecular flexibility index (Phi) is 14.4. The van der Waals surface area contributed by atoms with E-state index in [9.17, 15) is 0 Å². The van der Waals surface area contributed by atoms with Gasteiger partial charge in [-0.05, 0) is 70.8 Å². The molecule has 5 heterocycles. The van der Waals surface area contributed by atoms with E-state index in [1.165, 1.54) is 21.9 Å². The largest absolute Gasteiger partial charge is 0.354 e. The van der Waals surface area contributed by atoms with Gasteiger partial charge in [-0.1, -0.05) is 225 Å². The van der Waals surface area contributed by atoms with Gasteiger partial charge in [-0.2, -0.15) is 0 Å². The molecule has 0 aliphatic carbocycles. The van der Waals surface area contributed by atoms with Crippen molar-refractivity contribution in [2.75, 3.05) is 0 Å². The molecule has 8 bridgehead atoms. The average molecular weight is 886 g/mol. The molecule has 4 nitrogen and oxygen atoms in total. The normalized spacial score (nSPS) is 11.9. The second kappa shape index (κ2) is 20.9.